The molecule has 7 nitrogen and oxygen atoms in total. The van der Waals surface area contributed by atoms with Crippen LogP contribution in [0.4, 0.5) is 4.79 Å². The van der Waals surface area contributed by atoms with Gasteiger partial charge in [-0.15, -0.1) is 0 Å². The Kier molecular flexibility index (Phi) is 8.33. The number of hydrogen-bond donors (Lipinski definition) is 3. The number of carboxylic acid groups (broad SMARTS) is 1. The van der Waals surface area contributed by atoms with Gasteiger partial charge in [-0.05, 0) is 55.9 Å². The van der Waals surface area contributed by atoms with Crippen molar-refractivity contribution in [3.8, 4) is 11.1 Å². The summed E-state index contributed by atoms with van der Waals surface area (Å²) in [4.78, 5) is 37.5. The van der Waals surface area contributed by atoms with Crippen LogP contribution in [0, 0.1) is 0 Å². The zero-order valence-corrected chi connectivity index (χ0v) is 20.8. The van der Waals surface area contributed by atoms with Crippen molar-refractivity contribution in [3.63, 3.8) is 0 Å². The first kappa shape index (κ1) is 26.0. The Morgan fingerprint density at radius 1 is 1.06 bits per heavy atom. The number of fused-ring (bicyclic) bond motifs is 3. The summed E-state index contributed by atoms with van der Waals surface area (Å²) in [5, 5.41) is 14.9. The van der Waals surface area contributed by atoms with Crippen molar-refractivity contribution >= 4 is 18.0 Å². The summed E-state index contributed by atoms with van der Waals surface area (Å²) in [5.74, 6) is -1.78. The highest BCUT2D eigenvalue weighted by Gasteiger charge is 2.36. The predicted molar refractivity (Wildman–Crippen MR) is 135 cm³/mol. The number of carbonyl (C=O) groups excluding carboxylic acids is 2. The van der Waals surface area contributed by atoms with Crippen LogP contribution in [0.25, 0.3) is 11.1 Å². The molecular weight excluding hydrogens is 444 g/mol. The fourth-order valence-corrected chi connectivity index (χ4v) is 4.45. The summed E-state index contributed by atoms with van der Waals surface area (Å²) < 4.78 is 5.59. The van der Waals surface area contributed by atoms with Gasteiger partial charge in [0.05, 0.1) is 0 Å². The number of carbonyl (C=O) groups is 3. The van der Waals surface area contributed by atoms with E-state index in [-0.39, 0.29) is 25.4 Å². The molecule has 3 N–H and O–H groups in total. The molecule has 0 saturated carbocycles. The number of benzene rings is 2. The quantitative estimate of drug-likeness (QED) is 0.417. The number of allylic oxidation sites excluding steroid dienone is 1. The molecule has 0 aromatic heterocycles. The lowest BCUT2D eigenvalue weighted by Gasteiger charge is -2.28. The minimum atomic E-state index is -1.42. The highest BCUT2D eigenvalue weighted by atomic mass is 16.5. The second-order valence-electron chi connectivity index (χ2n) is 9.42. The molecule has 0 fully saturated rings. The Balaban J connectivity index is 1.71. The van der Waals surface area contributed by atoms with E-state index in [2.05, 4.69) is 22.8 Å². The Hall–Kier alpha value is -3.61. The van der Waals surface area contributed by atoms with Gasteiger partial charge in [0.15, 0.2) is 0 Å². The number of rotatable bonds is 10. The summed E-state index contributed by atoms with van der Waals surface area (Å²) in [7, 11) is 0. The van der Waals surface area contributed by atoms with Crippen LogP contribution in [0.15, 0.2) is 60.2 Å². The minimum absolute atomic E-state index is 0.0990. The molecule has 186 valence electrons. The third-order valence-corrected chi connectivity index (χ3v) is 6.34. The Labute approximate surface area is 206 Å². The van der Waals surface area contributed by atoms with Gasteiger partial charge >= 0.3 is 12.1 Å². The maximum atomic E-state index is 13.0. The topological polar surface area (TPSA) is 105 Å². The highest BCUT2D eigenvalue weighted by molar-refractivity contribution is 5.91. The molecule has 2 amide bonds. The molecule has 0 aliphatic heterocycles. The van der Waals surface area contributed by atoms with Crippen LogP contribution < -0.4 is 10.6 Å². The van der Waals surface area contributed by atoms with Gasteiger partial charge in [-0.3, -0.25) is 4.79 Å². The first-order valence-electron chi connectivity index (χ1n) is 12.0. The molecule has 0 heterocycles. The van der Waals surface area contributed by atoms with Gasteiger partial charge in [-0.25, -0.2) is 9.59 Å². The molecule has 2 unspecified atom stereocenters. The minimum Gasteiger partial charge on any atom is -0.480 e. The van der Waals surface area contributed by atoms with Gasteiger partial charge < -0.3 is 20.5 Å². The number of aliphatic carboxylic acids is 1. The molecule has 0 bridgehead atoms. The van der Waals surface area contributed by atoms with Crippen molar-refractivity contribution in [2.24, 2.45) is 0 Å². The summed E-state index contributed by atoms with van der Waals surface area (Å²) >= 11 is 0. The van der Waals surface area contributed by atoms with E-state index in [1.807, 2.05) is 63.2 Å². The van der Waals surface area contributed by atoms with Crippen LogP contribution in [0.5, 0.6) is 0 Å². The van der Waals surface area contributed by atoms with Gasteiger partial charge in [0.25, 0.3) is 0 Å². The van der Waals surface area contributed by atoms with Crippen molar-refractivity contribution in [2.75, 3.05) is 6.61 Å². The van der Waals surface area contributed by atoms with E-state index >= 15 is 0 Å². The lowest BCUT2D eigenvalue weighted by molar-refractivity contribution is -0.147. The van der Waals surface area contributed by atoms with Gasteiger partial charge in [0, 0.05) is 5.92 Å². The van der Waals surface area contributed by atoms with Crippen LogP contribution in [0.1, 0.15) is 64.0 Å². The van der Waals surface area contributed by atoms with Crippen LogP contribution in [-0.4, -0.2) is 41.3 Å². The largest absolute Gasteiger partial charge is 0.480 e. The molecule has 0 radical (unpaired) electrons. The van der Waals surface area contributed by atoms with E-state index in [0.717, 1.165) is 27.8 Å². The summed E-state index contributed by atoms with van der Waals surface area (Å²) in [5.41, 5.74) is 4.00. The molecular formula is C28H34N2O5. The second kappa shape index (κ2) is 11.2. The van der Waals surface area contributed by atoms with Crippen LogP contribution in [0.2, 0.25) is 0 Å². The lowest BCUT2D eigenvalue weighted by Crippen LogP contribution is -2.57. The fourth-order valence-electron chi connectivity index (χ4n) is 4.45. The Morgan fingerprint density at radius 2 is 1.63 bits per heavy atom. The third-order valence-electron chi connectivity index (χ3n) is 6.34. The highest BCUT2D eigenvalue weighted by Crippen LogP contribution is 2.44. The lowest BCUT2D eigenvalue weighted by atomic mass is 9.95. The first-order valence-corrected chi connectivity index (χ1v) is 12.0. The first-order chi connectivity index (χ1) is 16.7. The molecule has 0 spiro atoms. The zero-order chi connectivity index (χ0) is 25.6. The van der Waals surface area contributed by atoms with Crippen LogP contribution in [0.3, 0.4) is 0 Å². The summed E-state index contributed by atoms with van der Waals surface area (Å²) in [6.45, 7) is 7.23. The van der Waals surface area contributed by atoms with Crippen molar-refractivity contribution in [2.45, 2.75) is 64.5 Å². The maximum Gasteiger partial charge on any atom is 0.407 e. The number of carboxylic acids is 1. The number of hydrogen-bond acceptors (Lipinski definition) is 4. The third kappa shape index (κ3) is 6.10. The smallest absolute Gasteiger partial charge is 0.407 e. The van der Waals surface area contributed by atoms with Crippen molar-refractivity contribution in [1.29, 1.82) is 0 Å². The number of ether oxygens (including phenoxy) is 1. The van der Waals surface area contributed by atoms with E-state index in [1.165, 1.54) is 6.92 Å². The van der Waals surface area contributed by atoms with Crippen LogP contribution >= 0.6 is 0 Å². The summed E-state index contributed by atoms with van der Waals surface area (Å²) in [6.07, 6.45) is 2.18. The van der Waals surface area contributed by atoms with Gasteiger partial charge in [-0.1, -0.05) is 73.5 Å². The summed E-state index contributed by atoms with van der Waals surface area (Å²) in [6, 6.07) is 15.1. The Morgan fingerprint density at radius 3 is 2.14 bits per heavy atom. The molecule has 3 rings (SSSR count). The number of alkyl carbamates (subject to hydrolysis) is 1. The van der Waals surface area contributed by atoms with Gasteiger partial charge in [0.2, 0.25) is 5.91 Å². The molecule has 1 aliphatic rings. The monoisotopic (exact) mass is 478 g/mol. The second-order valence-corrected chi connectivity index (χ2v) is 9.42. The normalized spacial score (nSPS) is 14.6. The van der Waals surface area contributed by atoms with Crippen molar-refractivity contribution < 1.29 is 24.2 Å². The average Bonchev–Trinajstić information content (AvgIpc) is 3.14. The fraction of sp³-hybridized carbons (Fsp3) is 0.393. The standard InChI is InChI=1S/C28H34N2O5/c1-5-16-28(4,26(32)33)30-25(31)24(15-14-18(2)3)29-27(34)35-17-23-21-12-8-6-10-19(21)20-11-7-9-13-22(20)23/h6-14,23-24H,5,15-17H2,1-4H3,(H,29,34)(H,30,31)(H,32,33). The maximum absolute atomic E-state index is 13.0. The zero-order valence-electron chi connectivity index (χ0n) is 20.8. The van der Waals surface area contributed by atoms with E-state index < -0.39 is 29.6 Å². The van der Waals surface area contributed by atoms with Crippen molar-refractivity contribution in [3.05, 3.63) is 71.3 Å². The predicted octanol–water partition coefficient (Wildman–Crippen LogP) is 5.01. The SMILES string of the molecule is CCCC(C)(NC(=O)C(CC=C(C)C)NC(=O)OCC1c2ccccc2-c2ccccc21)C(=O)O. The molecule has 35 heavy (non-hydrogen) atoms. The van der Waals surface area contributed by atoms with E-state index in [4.69, 9.17) is 4.74 Å². The van der Waals surface area contributed by atoms with E-state index in [1.54, 1.807) is 0 Å². The molecule has 2 atom stereocenters. The van der Waals surface area contributed by atoms with E-state index in [0.29, 0.717) is 6.42 Å². The molecule has 0 saturated heterocycles. The van der Waals surface area contributed by atoms with Gasteiger partial charge in [-0.2, -0.15) is 0 Å². The average molecular weight is 479 g/mol. The van der Waals surface area contributed by atoms with Crippen molar-refractivity contribution in [1.82, 2.24) is 10.6 Å². The molecule has 7 heteroatoms. The van der Waals surface area contributed by atoms with Gasteiger partial charge in [0.1, 0.15) is 18.2 Å². The van der Waals surface area contributed by atoms with Crippen LogP contribution in [-0.2, 0) is 14.3 Å². The number of nitrogens with one attached hydrogen (secondary N) is 2. The molecule has 2 aromatic rings. The van der Waals surface area contributed by atoms with E-state index in [9.17, 15) is 19.5 Å². The Bertz CT molecular complexity index is 1080. The molecule has 2 aromatic carbocycles. The molecule has 1 aliphatic carbocycles. The number of amides is 2.